The van der Waals surface area contributed by atoms with Crippen LogP contribution < -0.4 is 10.4 Å². The van der Waals surface area contributed by atoms with Crippen molar-refractivity contribution in [2.24, 2.45) is 0 Å². The molecule has 12 heteroatoms. The average Bonchev–Trinajstić information content (AvgIpc) is 2.99. The molecule has 1 aromatic carbocycles. The topological polar surface area (TPSA) is 132 Å². The molecule has 1 N–H and O–H groups in total. The fourth-order valence-corrected chi connectivity index (χ4v) is 9.06. The lowest BCUT2D eigenvalue weighted by atomic mass is 9.89. The van der Waals surface area contributed by atoms with Gasteiger partial charge in [-0.25, -0.2) is 9.59 Å². The number of esters is 1. The maximum atomic E-state index is 12.8. The molecule has 0 radical (unpaired) electrons. The van der Waals surface area contributed by atoms with E-state index in [9.17, 15) is 14.7 Å². The van der Waals surface area contributed by atoms with Gasteiger partial charge in [-0.05, 0) is 77.2 Å². The number of carbonyl (C=O) groups excluding carboxylic acids is 1. The van der Waals surface area contributed by atoms with Crippen molar-refractivity contribution in [2.75, 3.05) is 20.3 Å². The summed E-state index contributed by atoms with van der Waals surface area (Å²) < 4.78 is 49.4. The number of fused-ring (bicyclic) bond motifs is 1. The molecule has 4 rings (SSSR count). The predicted molar refractivity (Wildman–Crippen MR) is 166 cm³/mol. The molecule has 1 unspecified atom stereocenters. The Labute approximate surface area is 260 Å². The van der Waals surface area contributed by atoms with Crippen molar-refractivity contribution in [1.29, 1.82) is 0 Å². The number of hydrogen-bond acceptors (Lipinski definition) is 11. The first kappa shape index (κ1) is 34.4. The zero-order valence-corrected chi connectivity index (χ0v) is 28.2. The van der Waals surface area contributed by atoms with Crippen LogP contribution in [-0.2, 0) is 28.1 Å². The molecule has 2 fully saturated rings. The SMILES string of the molecule is CCOC(=O)c1c(O)c2ccc(O[C@@H]3OC(C)(C)[C@H](OC)[C@H](O[Si](CC)(CC)CC)[C@H]3OC3CCCCO3)c(C)c2oc1=O. The fourth-order valence-electron chi connectivity index (χ4n) is 6.22. The van der Waals surface area contributed by atoms with E-state index in [4.69, 9.17) is 37.3 Å². The lowest BCUT2D eigenvalue weighted by Crippen LogP contribution is -2.67. The van der Waals surface area contributed by atoms with Crippen molar-refractivity contribution in [2.45, 2.75) is 122 Å². The van der Waals surface area contributed by atoms with Gasteiger partial charge in [0.05, 0.1) is 17.6 Å². The second-order valence-corrected chi connectivity index (χ2v) is 16.7. The molecule has 3 heterocycles. The number of methoxy groups -OCH3 is 1. The van der Waals surface area contributed by atoms with Crippen molar-refractivity contribution >= 4 is 25.3 Å². The van der Waals surface area contributed by atoms with Crippen LogP contribution in [0.2, 0.25) is 18.1 Å². The third-order valence-electron chi connectivity index (χ3n) is 8.99. The fraction of sp³-hybridized carbons (Fsp3) is 0.688. The molecular weight excluding hydrogens is 588 g/mol. The Kier molecular flexibility index (Phi) is 11.2. The summed E-state index contributed by atoms with van der Waals surface area (Å²) in [5.41, 5.74) is -1.86. The van der Waals surface area contributed by atoms with Gasteiger partial charge in [-0.3, -0.25) is 0 Å². The van der Waals surface area contributed by atoms with Gasteiger partial charge in [0.1, 0.15) is 29.3 Å². The summed E-state index contributed by atoms with van der Waals surface area (Å²) in [6, 6.07) is 5.98. The van der Waals surface area contributed by atoms with Crippen molar-refractivity contribution in [3.05, 3.63) is 33.7 Å². The summed E-state index contributed by atoms with van der Waals surface area (Å²) >= 11 is 0. The summed E-state index contributed by atoms with van der Waals surface area (Å²) in [6.45, 7) is 14.4. The first-order chi connectivity index (χ1) is 21.0. The average molecular weight is 637 g/mol. The Bertz CT molecular complexity index is 1340. The molecule has 2 aliphatic heterocycles. The van der Waals surface area contributed by atoms with Crippen LogP contribution in [0, 0.1) is 6.92 Å². The number of hydrogen-bond donors (Lipinski definition) is 1. The van der Waals surface area contributed by atoms with Crippen LogP contribution in [0.1, 0.15) is 76.7 Å². The number of benzene rings is 1. The molecular formula is C32H48O11Si. The molecule has 246 valence electrons. The van der Waals surface area contributed by atoms with Crippen molar-refractivity contribution in [3.63, 3.8) is 0 Å². The molecule has 2 saturated heterocycles. The number of ether oxygens (including phenoxy) is 6. The van der Waals surface area contributed by atoms with Crippen molar-refractivity contribution in [1.82, 2.24) is 0 Å². The number of carbonyl (C=O) groups is 1. The molecule has 2 aliphatic rings. The third-order valence-corrected chi connectivity index (χ3v) is 13.6. The maximum absolute atomic E-state index is 12.8. The largest absolute Gasteiger partial charge is 0.506 e. The first-order valence-corrected chi connectivity index (χ1v) is 18.3. The molecule has 0 aliphatic carbocycles. The summed E-state index contributed by atoms with van der Waals surface area (Å²) in [4.78, 5) is 25.1. The minimum atomic E-state index is -2.16. The molecule has 0 saturated carbocycles. The van der Waals surface area contributed by atoms with E-state index in [1.54, 1.807) is 27.0 Å². The van der Waals surface area contributed by atoms with Crippen LogP contribution in [0.15, 0.2) is 21.3 Å². The zero-order chi connectivity index (χ0) is 32.2. The summed E-state index contributed by atoms with van der Waals surface area (Å²) in [7, 11) is -0.509. The van der Waals surface area contributed by atoms with Crippen LogP contribution >= 0.6 is 0 Å². The molecule has 0 bridgehead atoms. The Morgan fingerprint density at radius 2 is 1.80 bits per heavy atom. The Morgan fingerprint density at radius 3 is 2.39 bits per heavy atom. The smallest absolute Gasteiger partial charge is 0.354 e. The Morgan fingerprint density at radius 1 is 1.09 bits per heavy atom. The molecule has 0 amide bonds. The van der Waals surface area contributed by atoms with E-state index in [2.05, 4.69) is 20.8 Å². The zero-order valence-electron chi connectivity index (χ0n) is 27.2. The van der Waals surface area contributed by atoms with Gasteiger partial charge in [-0.2, -0.15) is 0 Å². The van der Waals surface area contributed by atoms with E-state index in [1.807, 2.05) is 13.8 Å². The maximum Gasteiger partial charge on any atom is 0.354 e. The van der Waals surface area contributed by atoms with Crippen LogP contribution in [-0.4, -0.2) is 76.2 Å². The monoisotopic (exact) mass is 636 g/mol. The molecule has 5 atom stereocenters. The van der Waals surface area contributed by atoms with E-state index in [0.29, 0.717) is 17.9 Å². The summed E-state index contributed by atoms with van der Waals surface area (Å²) in [6.07, 6.45) is -0.402. The van der Waals surface area contributed by atoms with Gasteiger partial charge in [-0.15, -0.1) is 0 Å². The number of aromatic hydroxyl groups is 1. The highest BCUT2D eigenvalue weighted by atomic mass is 28.4. The van der Waals surface area contributed by atoms with E-state index >= 15 is 0 Å². The van der Waals surface area contributed by atoms with Gasteiger partial charge in [-0.1, -0.05) is 20.8 Å². The van der Waals surface area contributed by atoms with E-state index in [-0.39, 0.29) is 17.6 Å². The van der Waals surface area contributed by atoms with Gasteiger partial charge in [0.25, 0.3) is 0 Å². The van der Waals surface area contributed by atoms with Crippen LogP contribution in [0.3, 0.4) is 0 Å². The summed E-state index contributed by atoms with van der Waals surface area (Å²) in [5, 5.41) is 11.0. The van der Waals surface area contributed by atoms with E-state index in [1.165, 1.54) is 6.07 Å². The molecule has 11 nitrogen and oxygen atoms in total. The molecule has 2 aromatic rings. The molecule has 1 aromatic heterocycles. The Hall–Kier alpha value is -2.48. The quantitative estimate of drug-likeness (QED) is 0.172. The number of rotatable bonds is 12. The molecule has 0 spiro atoms. The lowest BCUT2D eigenvalue weighted by Gasteiger charge is -2.52. The number of aryl methyl sites for hydroxylation is 1. The first-order valence-electron chi connectivity index (χ1n) is 15.7. The van der Waals surface area contributed by atoms with Gasteiger partial charge >= 0.3 is 11.6 Å². The highest BCUT2D eigenvalue weighted by Crippen LogP contribution is 2.41. The Balaban J connectivity index is 1.78. The highest BCUT2D eigenvalue weighted by Gasteiger charge is 2.55. The molecule has 44 heavy (non-hydrogen) atoms. The van der Waals surface area contributed by atoms with Crippen LogP contribution in [0.25, 0.3) is 11.0 Å². The second-order valence-electron chi connectivity index (χ2n) is 12.0. The summed E-state index contributed by atoms with van der Waals surface area (Å²) in [5.74, 6) is -1.11. The minimum absolute atomic E-state index is 0.0431. The highest BCUT2D eigenvalue weighted by molar-refractivity contribution is 6.73. The third kappa shape index (κ3) is 6.85. The lowest BCUT2D eigenvalue weighted by molar-refractivity contribution is -0.336. The van der Waals surface area contributed by atoms with Gasteiger partial charge < -0.3 is 42.4 Å². The van der Waals surface area contributed by atoms with Gasteiger partial charge in [0, 0.05) is 19.3 Å². The van der Waals surface area contributed by atoms with Crippen LogP contribution in [0.4, 0.5) is 0 Å². The normalized spacial score (nSPS) is 25.6. The van der Waals surface area contributed by atoms with Gasteiger partial charge in [0.2, 0.25) is 6.29 Å². The van der Waals surface area contributed by atoms with Crippen LogP contribution in [0.5, 0.6) is 11.5 Å². The van der Waals surface area contributed by atoms with E-state index in [0.717, 1.165) is 37.4 Å². The minimum Gasteiger partial charge on any atom is -0.506 e. The van der Waals surface area contributed by atoms with Crippen molar-refractivity contribution < 1.29 is 47.2 Å². The van der Waals surface area contributed by atoms with E-state index < -0.39 is 67.7 Å². The second kappa shape index (κ2) is 14.3. The predicted octanol–water partition coefficient (Wildman–Crippen LogP) is 5.81. The van der Waals surface area contributed by atoms with Crippen molar-refractivity contribution in [3.8, 4) is 11.5 Å². The van der Waals surface area contributed by atoms with Gasteiger partial charge in [0.15, 0.2) is 26.3 Å². The standard InChI is InChI=1S/C32H48O11Si/c1-9-37-29(34)23-24(33)20-16-17-21(19(5)25(20)41-30(23)35)39-31-27(40-22-15-13-14-18-38-22)26(28(36-8)32(6,7)42-31)43-44(10-2,11-3)12-4/h16-17,22,26-28,31,33H,9-15,18H2,1-8H3/t22?,26-,27-,28-,31-/m1/s1.